The number of hydrogen-bond acceptors (Lipinski definition) is 6. The zero-order valence-corrected chi connectivity index (χ0v) is 21.7. The highest BCUT2D eigenvalue weighted by Gasteiger charge is 2.53. The molecule has 4 atom stereocenters. The van der Waals surface area contributed by atoms with Gasteiger partial charge < -0.3 is 15.8 Å². The molecule has 0 bridgehead atoms. The van der Waals surface area contributed by atoms with Crippen molar-refractivity contribution >= 4 is 17.8 Å². The minimum absolute atomic E-state index is 0.0403. The summed E-state index contributed by atoms with van der Waals surface area (Å²) in [5.74, 6) is 0.419. The Bertz CT molecular complexity index is 1310. The molecule has 2 amide bonds. The number of nitrogens with zero attached hydrogens (tertiary/aromatic N) is 3. The molecule has 8 heteroatoms. The summed E-state index contributed by atoms with van der Waals surface area (Å²) >= 11 is 0. The number of para-hydroxylation sites is 1. The van der Waals surface area contributed by atoms with Crippen LogP contribution in [-0.4, -0.2) is 33.8 Å². The molecule has 5 rings (SSSR count). The Morgan fingerprint density at radius 2 is 1.89 bits per heavy atom. The molecule has 2 aliphatic heterocycles. The number of ether oxygens (including phenoxy) is 1. The van der Waals surface area contributed by atoms with Crippen molar-refractivity contribution in [2.24, 2.45) is 22.6 Å². The van der Waals surface area contributed by atoms with Crippen LogP contribution in [0.1, 0.15) is 75.7 Å². The largest absolute Gasteiger partial charge is 0.487 e. The summed E-state index contributed by atoms with van der Waals surface area (Å²) in [4.78, 5) is 32.9. The first-order valence-electron chi connectivity index (χ1n) is 12.7. The number of rotatable bonds is 5. The van der Waals surface area contributed by atoms with Gasteiger partial charge in [0, 0.05) is 17.9 Å². The number of nitriles is 1. The summed E-state index contributed by atoms with van der Waals surface area (Å²) in [5, 5.41) is 12.5. The van der Waals surface area contributed by atoms with E-state index in [0.29, 0.717) is 18.4 Å². The minimum Gasteiger partial charge on any atom is -0.487 e. The maximum atomic E-state index is 13.5. The molecule has 1 saturated carbocycles. The van der Waals surface area contributed by atoms with Crippen molar-refractivity contribution in [2.45, 2.75) is 70.2 Å². The average Bonchev–Trinajstić information content (AvgIpc) is 3.61. The molecular formula is C29H33N5O3. The third-order valence-electron chi connectivity index (χ3n) is 7.45. The lowest BCUT2D eigenvalue weighted by molar-refractivity contribution is -0.132. The maximum absolute atomic E-state index is 13.5. The normalized spacial score (nSPS) is 26.1. The van der Waals surface area contributed by atoms with Gasteiger partial charge in [-0.05, 0) is 63.8 Å². The van der Waals surface area contributed by atoms with E-state index in [0.717, 1.165) is 16.9 Å². The Hall–Kier alpha value is -3.86. The van der Waals surface area contributed by atoms with Crippen molar-refractivity contribution in [3.05, 3.63) is 65.2 Å². The van der Waals surface area contributed by atoms with Gasteiger partial charge in [0.1, 0.15) is 11.4 Å². The molecule has 0 radical (unpaired) electrons. The Kier molecular flexibility index (Phi) is 5.98. The summed E-state index contributed by atoms with van der Waals surface area (Å²) in [6, 6.07) is 16.5. The van der Waals surface area contributed by atoms with E-state index in [-0.39, 0.29) is 42.1 Å². The second kappa shape index (κ2) is 8.91. The zero-order valence-electron chi connectivity index (χ0n) is 21.7. The average molecular weight is 500 g/mol. The Morgan fingerprint density at radius 3 is 2.57 bits per heavy atom. The molecule has 37 heavy (non-hydrogen) atoms. The van der Waals surface area contributed by atoms with Crippen LogP contribution in [0.25, 0.3) is 0 Å². The molecule has 2 aromatic carbocycles. The standard InChI is InChI=1S/C29H33N5O3/c1-28(2)15-24(35)34(27(31)33-28)25(18-11-9-17(16-30)10-12-18)20-13-21(20)26(36)32-22-14-29(3,4)37-23-8-6-5-7-19(22)23/h5-12,20-22,25H,13-15H2,1-4H3,(H2,31,33)(H,32,36)/t20?,21-,22+,25-/m1/s1. The number of amides is 2. The van der Waals surface area contributed by atoms with E-state index in [4.69, 9.17) is 10.5 Å². The number of benzene rings is 2. The van der Waals surface area contributed by atoms with Crippen molar-refractivity contribution in [1.29, 1.82) is 5.26 Å². The minimum atomic E-state index is -0.573. The molecule has 3 N–H and O–H groups in total. The van der Waals surface area contributed by atoms with Crippen LogP contribution in [0.15, 0.2) is 53.5 Å². The van der Waals surface area contributed by atoms with Gasteiger partial charge in [0.2, 0.25) is 11.8 Å². The van der Waals surface area contributed by atoms with Gasteiger partial charge in [-0.2, -0.15) is 5.26 Å². The first-order chi connectivity index (χ1) is 17.5. The van der Waals surface area contributed by atoms with E-state index in [1.54, 1.807) is 17.0 Å². The van der Waals surface area contributed by atoms with E-state index in [1.165, 1.54) is 0 Å². The fourth-order valence-corrected chi connectivity index (χ4v) is 5.70. The number of guanidine groups is 1. The lowest BCUT2D eigenvalue weighted by Crippen LogP contribution is -2.52. The van der Waals surface area contributed by atoms with Crippen LogP contribution >= 0.6 is 0 Å². The van der Waals surface area contributed by atoms with E-state index in [1.807, 2.05) is 64.1 Å². The molecule has 1 fully saturated rings. The Morgan fingerprint density at radius 1 is 1.19 bits per heavy atom. The highest BCUT2D eigenvalue weighted by molar-refractivity contribution is 5.99. The van der Waals surface area contributed by atoms with Gasteiger partial charge in [-0.15, -0.1) is 0 Å². The van der Waals surface area contributed by atoms with E-state index >= 15 is 0 Å². The van der Waals surface area contributed by atoms with E-state index in [2.05, 4.69) is 16.4 Å². The molecule has 192 valence electrons. The van der Waals surface area contributed by atoms with Crippen LogP contribution < -0.4 is 15.8 Å². The van der Waals surface area contributed by atoms with Gasteiger partial charge in [-0.1, -0.05) is 30.3 Å². The number of hydrogen-bond donors (Lipinski definition) is 2. The van der Waals surface area contributed by atoms with Crippen LogP contribution in [0.4, 0.5) is 0 Å². The highest BCUT2D eigenvalue weighted by atomic mass is 16.5. The third kappa shape index (κ3) is 4.91. The van der Waals surface area contributed by atoms with E-state index < -0.39 is 17.2 Å². The first-order valence-corrected chi connectivity index (χ1v) is 12.7. The van der Waals surface area contributed by atoms with Gasteiger partial charge in [0.05, 0.1) is 35.7 Å². The van der Waals surface area contributed by atoms with Crippen molar-refractivity contribution in [3.63, 3.8) is 0 Å². The number of fused-ring (bicyclic) bond motifs is 1. The lowest BCUT2D eigenvalue weighted by atomic mass is 9.89. The summed E-state index contributed by atoms with van der Waals surface area (Å²) in [5.41, 5.74) is 7.71. The zero-order chi connectivity index (χ0) is 26.5. The quantitative estimate of drug-likeness (QED) is 0.645. The predicted molar refractivity (Wildman–Crippen MR) is 139 cm³/mol. The molecule has 2 aromatic rings. The number of carbonyl (C=O) groups excluding carboxylic acids is 2. The Labute approximate surface area is 217 Å². The van der Waals surface area contributed by atoms with Crippen molar-refractivity contribution in [2.75, 3.05) is 0 Å². The molecule has 8 nitrogen and oxygen atoms in total. The molecule has 1 aliphatic carbocycles. The van der Waals surface area contributed by atoms with Crippen molar-refractivity contribution < 1.29 is 14.3 Å². The second-order valence-corrected chi connectivity index (χ2v) is 11.6. The van der Waals surface area contributed by atoms with Gasteiger partial charge in [-0.3, -0.25) is 14.5 Å². The molecule has 1 unspecified atom stereocenters. The molecule has 0 saturated heterocycles. The topological polar surface area (TPSA) is 121 Å². The van der Waals surface area contributed by atoms with Gasteiger partial charge in [0.15, 0.2) is 5.96 Å². The lowest BCUT2D eigenvalue weighted by Gasteiger charge is -2.39. The molecule has 0 aromatic heterocycles. The molecule has 3 aliphatic rings. The van der Waals surface area contributed by atoms with Gasteiger partial charge >= 0.3 is 0 Å². The van der Waals surface area contributed by atoms with Crippen LogP contribution in [0.3, 0.4) is 0 Å². The van der Waals surface area contributed by atoms with Crippen molar-refractivity contribution in [3.8, 4) is 11.8 Å². The van der Waals surface area contributed by atoms with Crippen LogP contribution in [0, 0.1) is 23.2 Å². The van der Waals surface area contributed by atoms with Crippen LogP contribution in [0.2, 0.25) is 0 Å². The molecule has 2 heterocycles. The smallest absolute Gasteiger partial charge is 0.232 e. The highest BCUT2D eigenvalue weighted by Crippen LogP contribution is 2.51. The number of carbonyl (C=O) groups is 2. The van der Waals surface area contributed by atoms with E-state index in [9.17, 15) is 14.9 Å². The summed E-state index contributed by atoms with van der Waals surface area (Å²) in [6.07, 6.45) is 1.52. The summed E-state index contributed by atoms with van der Waals surface area (Å²) in [7, 11) is 0. The number of aliphatic imine (C=N–C) groups is 1. The monoisotopic (exact) mass is 499 g/mol. The fourth-order valence-electron chi connectivity index (χ4n) is 5.70. The van der Waals surface area contributed by atoms with Crippen LogP contribution in [-0.2, 0) is 9.59 Å². The van der Waals surface area contributed by atoms with Crippen LogP contribution in [0.5, 0.6) is 5.75 Å². The van der Waals surface area contributed by atoms with Gasteiger partial charge in [0.25, 0.3) is 0 Å². The summed E-state index contributed by atoms with van der Waals surface area (Å²) in [6.45, 7) is 7.81. The number of nitrogens with two attached hydrogens (primary N) is 1. The third-order valence-corrected chi connectivity index (χ3v) is 7.45. The molecular weight excluding hydrogens is 466 g/mol. The summed E-state index contributed by atoms with van der Waals surface area (Å²) < 4.78 is 6.12. The van der Waals surface area contributed by atoms with Gasteiger partial charge in [-0.25, -0.2) is 4.99 Å². The first kappa shape index (κ1) is 24.8. The SMILES string of the molecule is CC1(C)CC(=O)N([C@H](c2ccc(C#N)cc2)C2C[C@H]2C(=O)N[C@H]2CC(C)(C)Oc3ccccc32)C(N)=N1. The second-order valence-electron chi connectivity index (χ2n) is 11.6. The maximum Gasteiger partial charge on any atom is 0.232 e. The fraction of sp³-hybridized carbons (Fsp3) is 0.448. The Balaban J connectivity index is 1.41. The molecule has 0 spiro atoms. The number of nitrogens with one attached hydrogen (secondary N) is 1. The predicted octanol–water partition coefficient (Wildman–Crippen LogP) is 3.98. The van der Waals surface area contributed by atoms with Crippen molar-refractivity contribution in [1.82, 2.24) is 10.2 Å².